The Labute approximate surface area is 147 Å². The zero-order valence-corrected chi connectivity index (χ0v) is 14.8. The molecule has 1 aliphatic heterocycles. The van der Waals surface area contributed by atoms with E-state index in [2.05, 4.69) is 39.5 Å². The highest BCUT2D eigenvalue weighted by molar-refractivity contribution is 6.30. The Hall–Kier alpha value is -2.07. The van der Waals surface area contributed by atoms with Crippen molar-refractivity contribution in [2.24, 2.45) is 13.0 Å². The van der Waals surface area contributed by atoms with Gasteiger partial charge in [-0.05, 0) is 42.5 Å². The number of benzene rings is 1. The number of halogens is 1. The van der Waals surface area contributed by atoms with Gasteiger partial charge in [-0.1, -0.05) is 30.7 Å². The van der Waals surface area contributed by atoms with Gasteiger partial charge >= 0.3 is 0 Å². The van der Waals surface area contributed by atoms with Gasteiger partial charge in [-0.2, -0.15) is 0 Å². The van der Waals surface area contributed by atoms with Crippen LogP contribution in [0.3, 0.4) is 0 Å². The van der Waals surface area contributed by atoms with Crippen molar-refractivity contribution in [3.63, 3.8) is 0 Å². The van der Waals surface area contributed by atoms with E-state index in [0.29, 0.717) is 0 Å². The first-order chi connectivity index (χ1) is 11.6. The van der Waals surface area contributed by atoms with E-state index in [9.17, 15) is 0 Å². The lowest BCUT2D eigenvalue weighted by atomic mass is 9.99. The molecule has 0 radical (unpaired) electrons. The third-order valence-electron chi connectivity index (χ3n) is 5.03. The van der Waals surface area contributed by atoms with Crippen molar-refractivity contribution < 1.29 is 0 Å². The van der Waals surface area contributed by atoms with E-state index >= 15 is 0 Å². The van der Waals surface area contributed by atoms with E-state index < -0.39 is 0 Å². The SMILES string of the molecule is CC1CCN(c2ncnc3c2cc(-c2ccc(Cl)cc2)n3C)CC1. The summed E-state index contributed by atoms with van der Waals surface area (Å²) in [6.45, 7) is 4.46. The lowest BCUT2D eigenvalue weighted by Crippen LogP contribution is -2.33. The van der Waals surface area contributed by atoms with Crippen LogP contribution < -0.4 is 4.90 Å². The van der Waals surface area contributed by atoms with Gasteiger partial charge < -0.3 is 9.47 Å². The summed E-state index contributed by atoms with van der Waals surface area (Å²) in [5.74, 6) is 1.86. The van der Waals surface area contributed by atoms with Gasteiger partial charge in [0, 0.05) is 25.2 Å². The van der Waals surface area contributed by atoms with Crippen LogP contribution in [0.4, 0.5) is 5.82 Å². The van der Waals surface area contributed by atoms with Gasteiger partial charge in [0.2, 0.25) is 0 Å². The number of aromatic nitrogens is 3. The van der Waals surface area contributed by atoms with Crippen molar-refractivity contribution in [2.75, 3.05) is 18.0 Å². The number of piperidine rings is 1. The average molecular weight is 341 g/mol. The number of anilines is 1. The molecule has 4 rings (SSSR count). The molecule has 3 heterocycles. The van der Waals surface area contributed by atoms with Gasteiger partial charge in [0.25, 0.3) is 0 Å². The predicted molar refractivity (Wildman–Crippen MR) is 99.6 cm³/mol. The maximum absolute atomic E-state index is 6.02. The smallest absolute Gasteiger partial charge is 0.145 e. The molecule has 4 nitrogen and oxygen atoms in total. The molecule has 2 aromatic heterocycles. The highest BCUT2D eigenvalue weighted by atomic mass is 35.5. The van der Waals surface area contributed by atoms with Gasteiger partial charge in [0.15, 0.2) is 0 Å². The summed E-state index contributed by atoms with van der Waals surface area (Å²) in [5, 5.41) is 1.87. The molecule has 1 saturated heterocycles. The zero-order chi connectivity index (χ0) is 16.7. The monoisotopic (exact) mass is 340 g/mol. The van der Waals surface area contributed by atoms with Crippen LogP contribution in [0.15, 0.2) is 36.7 Å². The van der Waals surface area contributed by atoms with Gasteiger partial charge in [-0.25, -0.2) is 9.97 Å². The Morgan fingerprint density at radius 1 is 1.08 bits per heavy atom. The third kappa shape index (κ3) is 2.65. The molecular formula is C19H21ClN4. The molecule has 0 bridgehead atoms. The first-order valence-electron chi connectivity index (χ1n) is 8.45. The molecule has 1 aromatic carbocycles. The molecule has 5 heteroatoms. The Kier molecular flexibility index (Phi) is 3.93. The van der Waals surface area contributed by atoms with Crippen LogP contribution >= 0.6 is 11.6 Å². The molecule has 0 amide bonds. The predicted octanol–water partition coefficient (Wildman–Crippen LogP) is 4.53. The van der Waals surface area contributed by atoms with Gasteiger partial charge in [-0.3, -0.25) is 0 Å². The minimum Gasteiger partial charge on any atom is -0.356 e. The van der Waals surface area contributed by atoms with Gasteiger partial charge in [0.05, 0.1) is 11.1 Å². The Morgan fingerprint density at radius 3 is 2.50 bits per heavy atom. The van der Waals surface area contributed by atoms with Crippen molar-refractivity contribution in [3.8, 4) is 11.3 Å². The molecule has 0 atom stereocenters. The van der Waals surface area contributed by atoms with E-state index in [1.54, 1.807) is 6.33 Å². The third-order valence-corrected chi connectivity index (χ3v) is 5.28. The molecule has 0 spiro atoms. The minimum atomic E-state index is 0.750. The lowest BCUT2D eigenvalue weighted by molar-refractivity contribution is 0.437. The summed E-state index contributed by atoms with van der Waals surface area (Å²) in [6.07, 6.45) is 4.13. The van der Waals surface area contributed by atoms with Crippen LogP contribution in [0.1, 0.15) is 19.8 Å². The highest BCUT2D eigenvalue weighted by Crippen LogP contribution is 2.33. The summed E-state index contributed by atoms with van der Waals surface area (Å²) < 4.78 is 2.14. The van der Waals surface area contributed by atoms with Crippen LogP contribution in [0.2, 0.25) is 5.02 Å². The lowest BCUT2D eigenvalue weighted by Gasteiger charge is -2.31. The van der Waals surface area contributed by atoms with Crippen molar-refractivity contribution in [2.45, 2.75) is 19.8 Å². The number of hydrogen-bond donors (Lipinski definition) is 0. The Balaban J connectivity index is 1.80. The normalized spacial score (nSPS) is 16.0. The minimum absolute atomic E-state index is 0.750. The molecule has 0 aliphatic carbocycles. The Bertz CT molecular complexity index is 861. The summed E-state index contributed by atoms with van der Waals surface area (Å²) in [6, 6.07) is 10.1. The van der Waals surface area contributed by atoms with Crippen molar-refractivity contribution in [3.05, 3.63) is 41.7 Å². The second-order valence-corrected chi connectivity index (χ2v) is 7.14. The Morgan fingerprint density at radius 2 is 1.79 bits per heavy atom. The summed E-state index contributed by atoms with van der Waals surface area (Å²) in [5.41, 5.74) is 3.25. The summed E-state index contributed by atoms with van der Waals surface area (Å²) >= 11 is 6.02. The van der Waals surface area contributed by atoms with Crippen molar-refractivity contribution in [1.29, 1.82) is 0 Å². The fraction of sp³-hybridized carbons (Fsp3) is 0.368. The molecule has 1 fully saturated rings. The molecule has 0 saturated carbocycles. The fourth-order valence-electron chi connectivity index (χ4n) is 3.49. The van der Waals surface area contributed by atoms with Gasteiger partial charge in [0.1, 0.15) is 17.8 Å². The standard InChI is InChI=1S/C19H21ClN4/c1-13-7-9-24(10-8-13)19-16-11-17(14-3-5-15(20)6-4-14)23(2)18(16)21-12-22-19/h3-6,11-13H,7-10H2,1-2H3. The summed E-state index contributed by atoms with van der Waals surface area (Å²) in [4.78, 5) is 11.5. The second kappa shape index (κ2) is 6.10. The maximum atomic E-state index is 6.02. The first-order valence-corrected chi connectivity index (χ1v) is 8.82. The van der Waals surface area contributed by atoms with E-state index in [-0.39, 0.29) is 0 Å². The number of nitrogens with zero attached hydrogens (tertiary/aromatic N) is 4. The van der Waals surface area contributed by atoms with Gasteiger partial charge in [-0.15, -0.1) is 0 Å². The largest absolute Gasteiger partial charge is 0.356 e. The summed E-state index contributed by atoms with van der Waals surface area (Å²) in [7, 11) is 2.06. The van der Waals surface area contributed by atoms with Crippen LogP contribution in [0.25, 0.3) is 22.3 Å². The van der Waals surface area contributed by atoms with E-state index in [0.717, 1.165) is 52.1 Å². The number of rotatable bonds is 2. The van der Waals surface area contributed by atoms with Crippen LogP contribution in [0, 0.1) is 5.92 Å². The average Bonchev–Trinajstić information content (AvgIpc) is 2.94. The quantitative estimate of drug-likeness (QED) is 0.687. The molecule has 24 heavy (non-hydrogen) atoms. The highest BCUT2D eigenvalue weighted by Gasteiger charge is 2.21. The van der Waals surface area contributed by atoms with Crippen molar-refractivity contribution in [1.82, 2.24) is 14.5 Å². The van der Waals surface area contributed by atoms with Crippen LogP contribution in [0.5, 0.6) is 0 Å². The second-order valence-electron chi connectivity index (χ2n) is 6.70. The fourth-order valence-corrected chi connectivity index (χ4v) is 3.62. The van der Waals surface area contributed by atoms with Crippen molar-refractivity contribution >= 4 is 28.5 Å². The first kappa shape index (κ1) is 15.5. The molecular weight excluding hydrogens is 320 g/mol. The van der Waals surface area contributed by atoms with E-state index in [1.807, 2.05) is 24.3 Å². The molecule has 3 aromatic rings. The molecule has 0 unspecified atom stereocenters. The maximum Gasteiger partial charge on any atom is 0.145 e. The topological polar surface area (TPSA) is 34.0 Å². The molecule has 0 N–H and O–H groups in total. The molecule has 124 valence electrons. The van der Waals surface area contributed by atoms with E-state index in [1.165, 1.54) is 12.8 Å². The number of fused-ring (bicyclic) bond motifs is 1. The number of aryl methyl sites for hydroxylation is 1. The van der Waals surface area contributed by atoms with Crippen LogP contribution in [-0.4, -0.2) is 27.6 Å². The van der Waals surface area contributed by atoms with E-state index in [4.69, 9.17) is 11.6 Å². The van der Waals surface area contributed by atoms with Crippen LogP contribution in [-0.2, 0) is 7.05 Å². The number of hydrogen-bond acceptors (Lipinski definition) is 3. The molecule has 1 aliphatic rings. The zero-order valence-electron chi connectivity index (χ0n) is 14.0.